The highest BCUT2D eigenvalue weighted by Gasteiger charge is 2.18. The van der Waals surface area contributed by atoms with Crippen molar-refractivity contribution in [2.45, 2.75) is 6.92 Å². The maximum atomic E-state index is 12.7. The van der Waals surface area contributed by atoms with Gasteiger partial charge in [-0.3, -0.25) is 4.79 Å². The van der Waals surface area contributed by atoms with Crippen molar-refractivity contribution in [2.75, 3.05) is 11.5 Å². The van der Waals surface area contributed by atoms with Gasteiger partial charge in [0.1, 0.15) is 12.4 Å². The number of ether oxygens (including phenoxy) is 2. The van der Waals surface area contributed by atoms with Crippen LogP contribution in [-0.2, 0) is 9.53 Å². The highest BCUT2D eigenvalue weighted by molar-refractivity contribution is 5.95. The van der Waals surface area contributed by atoms with Crippen LogP contribution in [0.5, 0.6) is 5.75 Å². The van der Waals surface area contributed by atoms with E-state index in [4.69, 9.17) is 9.47 Å². The Labute approximate surface area is 169 Å². The average Bonchev–Trinajstić information content (AvgIpc) is 2.73. The van der Waals surface area contributed by atoms with E-state index < -0.39 is 6.09 Å². The fraction of sp³-hybridized carbons (Fsp3) is 0.0833. The summed E-state index contributed by atoms with van der Waals surface area (Å²) in [5, 5.41) is 0. The van der Waals surface area contributed by atoms with Gasteiger partial charge in [-0.1, -0.05) is 54.6 Å². The number of nitrogens with zero attached hydrogens (tertiary/aromatic N) is 1. The Balaban J connectivity index is 1.66. The predicted molar refractivity (Wildman–Crippen MR) is 113 cm³/mol. The predicted octanol–water partition coefficient (Wildman–Crippen LogP) is 5.60. The van der Waals surface area contributed by atoms with Crippen LogP contribution in [-0.4, -0.2) is 18.7 Å². The van der Waals surface area contributed by atoms with Gasteiger partial charge in [-0.25, -0.2) is 9.69 Å². The molecule has 0 radical (unpaired) electrons. The molecule has 3 aromatic carbocycles. The van der Waals surface area contributed by atoms with E-state index in [0.717, 1.165) is 16.9 Å². The van der Waals surface area contributed by atoms with Crippen molar-refractivity contribution in [3.63, 3.8) is 0 Å². The molecule has 29 heavy (non-hydrogen) atoms. The summed E-state index contributed by atoms with van der Waals surface area (Å²) in [6, 6.07) is 25.8. The monoisotopic (exact) mass is 387 g/mol. The smallest absolute Gasteiger partial charge is 0.419 e. The zero-order valence-electron chi connectivity index (χ0n) is 16.0. The molecule has 3 rings (SSSR count). The summed E-state index contributed by atoms with van der Waals surface area (Å²) in [6.45, 7) is 1.46. The van der Waals surface area contributed by atoms with Crippen LogP contribution in [0.15, 0.2) is 91.0 Å². The van der Waals surface area contributed by atoms with Gasteiger partial charge < -0.3 is 9.47 Å². The van der Waals surface area contributed by atoms with Crippen LogP contribution in [0.4, 0.5) is 16.2 Å². The molecule has 0 aromatic heterocycles. The van der Waals surface area contributed by atoms with Gasteiger partial charge in [-0.2, -0.15) is 0 Å². The Morgan fingerprint density at radius 1 is 0.862 bits per heavy atom. The van der Waals surface area contributed by atoms with Gasteiger partial charge in [0.05, 0.1) is 11.4 Å². The van der Waals surface area contributed by atoms with Gasteiger partial charge in [0, 0.05) is 6.92 Å². The van der Waals surface area contributed by atoms with Gasteiger partial charge in [0.2, 0.25) is 0 Å². The van der Waals surface area contributed by atoms with Gasteiger partial charge in [0.25, 0.3) is 0 Å². The van der Waals surface area contributed by atoms with E-state index in [0.29, 0.717) is 5.75 Å². The SMILES string of the molecule is CC(=O)Oc1cccc(/C=C/COC(=O)N(c2ccccc2)c2ccccc2)c1. The van der Waals surface area contributed by atoms with Gasteiger partial charge in [0.15, 0.2) is 0 Å². The third kappa shape index (κ3) is 5.81. The minimum atomic E-state index is -0.472. The van der Waals surface area contributed by atoms with Crippen LogP contribution in [0.3, 0.4) is 0 Å². The quantitative estimate of drug-likeness (QED) is 0.408. The van der Waals surface area contributed by atoms with Gasteiger partial charge in [-0.05, 0) is 48.0 Å². The lowest BCUT2D eigenvalue weighted by Crippen LogP contribution is -2.26. The second-order valence-electron chi connectivity index (χ2n) is 6.15. The molecule has 0 aliphatic rings. The van der Waals surface area contributed by atoms with Crippen LogP contribution in [0.25, 0.3) is 6.08 Å². The Bertz CT molecular complexity index is 945. The fourth-order valence-electron chi connectivity index (χ4n) is 2.73. The Kier molecular flexibility index (Phi) is 6.79. The molecular formula is C24H21NO4. The number of carbonyl (C=O) groups excluding carboxylic acids is 2. The molecule has 0 saturated carbocycles. The summed E-state index contributed by atoms with van der Waals surface area (Å²) < 4.78 is 10.5. The van der Waals surface area contributed by atoms with Crippen LogP contribution in [0.1, 0.15) is 12.5 Å². The Morgan fingerprint density at radius 3 is 2.07 bits per heavy atom. The van der Waals surface area contributed by atoms with Crippen LogP contribution < -0.4 is 9.64 Å². The van der Waals surface area contributed by atoms with Crippen LogP contribution in [0.2, 0.25) is 0 Å². The third-order valence-corrected chi connectivity index (χ3v) is 3.94. The number of para-hydroxylation sites is 2. The van der Waals surface area contributed by atoms with E-state index in [1.54, 1.807) is 30.4 Å². The molecule has 5 nitrogen and oxygen atoms in total. The number of benzene rings is 3. The number of carbonyl (C=O) groups is 2. The van der Waals surface area contributed by atoms with E-state index >= 15 is 0 Å². The topological polar surface area (TPSA) is 55.8 Å². The number of hydrogen-bond donors (Lipinski definition) is 0. The molecule has 0 spiro atoms. The van der Waals surface area contributed by atoms with E-state index in [1.807, 2.05) is 66.7 Å². The molecule has 0 unspecified atom stereocenters. The molecule has 0 aliphatic heterocycles. The average molecular weight is 387 g/mol. The molecule has 146 valence electrons. The molecule has 0 N–H and O–H groups in total. The molecule has 1 amide bonds. The summed E-state index contributed by atoms with van der Waals surface area (Å²) in [5.74, 6) is 0.0953. The number of anilines is 2. The van der Waals surface area contributed by atoms with Crippen molar-refractivity contribution in [2.24, 2.45) is 0 Å². The largest absolute Gasteiger partial charge is 0.445 e. The van der Waals surface area contributed by atoms with E-state index in [1.165, 1.54) is 11.8 Å². The lowest BCUT2D eigenvalue weighted by Gasteiger charge is -2.22. The molecule has 0 bridgehead atoms. The Morgan fingerprint density at radius 2 is 1.48 bits per heavy atom. The maximum absolute atomic E-state index is 12.7. The first-order valence-corrected chi connectivity index (χ1v) is 9.15. The fourth-order valence-corrected chi connectivity index (χ4v) is 2.73. The molecule has 0 heterocycles. The van der Waals surface area contributed by atoms with Crippen molar-refractivity contribution >= 4 is 29.5 Å². The summed E-state index contributed by atoms with van der Waals surface area (Å²) >= 11 is 0. The number of esters is 1. The first-order chi connectivity index (χ1) is 14.1. The lowest BCUT2D eigenvalue weighted by atomic mass is 10.2. The standard InChI is InChI=1S/C24H21NO4/c1-19(26)29-23-16-8-10-20(18-23)11-9-17-28-24(27)25(21-12-4-2-5-13-21)22-14-6-3-7-15-22/h2-16,18H,17H2,1H3/b11-9+. The maximum Gasteiger partial charge on any atom is 0.419 e. The first kappa shape index (κ1) is 19.9. The second kappa shape index (κ2) is 9.90. The zero-order chi connectivity index (χ0) is 20.5. The highest BCUT2D eigenvalue weighted by Crippen LogP contribution is 2.25. The molecule has 5 heteroatoms. The van der Waals surface area contributed by atoms with Crippen molar-refractivity contribution in [3.8, 4) is 5.75 Å². The number of hydrogen-bond acceptors (Lipinski definition) is 4. The minimum absolute atomic E-state index is 0.104. The lowest BCUT2D eigenvalue weighted by molar-refractivity contribution is -0.131. The molecule has 0 fully saturated rings. The summed E-state index contributed by atoms with van der Waals surface area (Å²) in [6.07, 6.45) is 3.06. The summed E-state index contributed by atoms with van der Waals surface area (Å²) in [7, 11) is 0. The van der Waals surface area contributed by atoms with E-state index in [-0.39, 0.29) is 12.6 Å². The molecule has 0 atom stereocenters. The summed E-state index contributed by atoms with van der Waals surface area (Å²) in [4.78, 5) is 25.3. The molecular weight excluding hydrogens is 366 g/mol. The van der Waals surface area contributed by atoms with E-state index in [9.17, 15) is 9.59 Å². The van der Waals surface area contributed by atoms with Gasteiger partial charge >= 0.3 is 12.1 Å². The zero-order valence-corrected chi connectivity index (χ0v) is 16.0. The molecule has 0 saturated heterocycles. The first-order valence-electron chi connectivity index (χ1n) is 9.15. The number of rotatable bonds is 6. The second-order valence-corrected chi connectivity index (χ2v) is 6.15. The number of amides is 1. The van der Waals surface area contributed by atoms with Crippen molar-refractivity contribution in [1.29, 1.82) is 0 Å². The van der Waals surface area contributed by atoms with Crippen LogP contribution >= 0.6 is 0 Å². The van der Waals surface area contributed by atoms with E-state index in [2.05, 4.69) is 0 Å². The van der Waals surface area contributed by atoms with Crippen LogP contribution in [0, 0.1) is 0 Å². The summed E-state index contributed by atoms with van der Waals surface area (Å²) in [5.41, 5.74) is 2.28. The Hall–Kier alpha value is -3.86. The highest BCUT2D eigenvalue weighted by atomic mass is 16.6. The molecule has 0 aliphatic carbocycles. The molecule has 3 aromatic rings. The third-order valence-electron chi connectivity index (χ3n) is 3.94. The minimum Gasteiger partial charge on any atom is -0.445 e. The van der Waals surface area contributed by atoms with Gasteiger partial charge in [-0.15, -0.1) is 0 Å². The van der Waals surface area contributed by atoms with Crippen molar-refractivity contribution < 1.29 is 19.1 Å². The van der Waals surface area contributed by atoms with Crippen molar-refractivity contribution in [1.82, 2.24) is 0 Å². The normalized spacial score (nSPS) is 10.5. The van der Waals surface area contributed by atoms with Crippen molar-refractivity contribution in [3.05, 3.63) is 96.6 Å².